The summed E-state index contributed by atoms with van der Waals surface area (Å²) in [5.41, 5.74) is 2.43. The molecule has 0 spiro atoms. The molecule has 6 nitrogen and oxygen atoms in total. The molecule has 1 aliphatic rings. The summed E-state index contributed by atoms with van der Waals surface area (Å²) in [6.45, 7) is 5.15. The molecule has 1 aliphatic heterocycles. The molecule has 0 saturated carbocycles. The molecule has 2 heterocycles. The highest BCUT2D eigenvalue weighted by Crippen LogP contribution is 2.31. The Morgan fingerprint density at radius 3 is 2.61 bits per heavy atom. The van der Waals surface area contributed by atoms with Crippen LogP contribution in [0.15, 0.2) is 52.2 Å². The molecule has 1 saturated heterocycles. The molecule has 0 radical (unpaired) electrons. The molecule has 0 aliphatic carbocycles. The van der Waals surface area contributed by atoms with Crippen LogP contribution in [0.1, 0.15) is 25.8 Å². The summed E-state index contributed by atoms with van der Waals surface area (Å²) in [4.78, 5) is 14.7. The van der Waals surface area contributed by atoms with E-state index in [0.717, 1.165) is 29.7 Å². The van der Waals surface area contributed by atoms with Crippen molar-refractivity contribution in [3.63, 3.8) is 0 Å². The largest absolute Gasteiger partial charge is 0.376 e. The molecule has 2 aromatic carbocycles. The van der Waals surface area contributed by atoms with Crippen LogP contribution >= 0.6 is 27.3 Å². The van der Waals surface area contributed by atoms with Crippen LogP contribution in [0.5, 0.6) is 0 Å². The lowest BCUT2D eigenvalue weighted by atomic mass is 9.99. The molecule has 166 valence electrons. The van der Waals surface area contributed by atoms with Crippen molar-refractivity contribution in [2.45, 2.75) is 42.5 Å². The first-order valence-corrected chi connectivity index (χ1v) is 13.5. The quantitative estimate of drug-likeness (QED) is 0.438. The number of hydrogen-bond acceptors (Lipinski definition) is 5. The number of ether oxygens (including phenoxy) is 1. The summed E-state index contributed by atoms with van der Waals surface area (Å²) in [5, 5.41) is 0. The van der Waals surface area contributed by atoms with E-state index in [2.05, 4.69) is 27.8 Å². The number of aromatic nitrogens is 1. The van der Waals surface area contributed by atoms with Crippen molar-refractivity contribution < 1.29 is 13.2 Å². The number of rotatable bonds is 8. The Morgan fingerprint density at radius 1 is 1.26 bits per heavy atom. The third-order valence-electron chi connectivity index (χ3n) is 5.60. The van der Waals surface area contributed by atoms with Crippen molar-refractivity contribution in [1.29, 1.82) is 0 Å². The van der Waals surface area contributed by atoms with Crippen LogP contribution in [0.25, 0.3) is 10.2 Å². The third kappa shape index (κ3) is 4.74. The molecule has 9 heteroatoms. The fraction of sp³-hybridized carbons (Fsp3) is 0.409. The smallest absolute Gasteiger partial charge is 0.305 e. The number of halogens is 1. The zero-order valence-electron chi connectivity index (χ0n) is 17.4. The van der Waals surface area contributed by atoms with Gasteiger partial charge in [-0.3, -0.25) is 9.10 Å². The van der Waals surface area contributed by atoms with E-state index in [4.69, 9.17) is 4.74 Å². The van der Waals surface area contributed by atoms with Gasteiger partial charge in [0.25, 0.3) is 10.0 Å². The summed E-state index contributed by atoms with van der Waals surface area (Å²) >= 11 is 4.61. The van der Waals surface area contributed by atoms with Gasteiger partial charge < -0.3 is 9.72 Å². The van der Waals surface area contributed by atoms with Gasteiger partial charge in [0, 0.05) is 6.54 Å². The number of hydrogen-bond donors (Lipinski definition) is 1. The molecule has 1 fully saturated rings. The molecule has 31 heavy (non-hydrogen) atoms. The Balaban J connectivity index is 1.68. The number of nitrogens with zero attached hydrogens (tertiary/aromatic N) is 1. The zero-order chi connectivity index (χ0) is 22.2. The molecule has 1 aromatic heterocycles. The van der Waals surface area contributed by atoms with Gasteiger partial charge in [0.2, 0.25) is 0 Å². The average molecular weight is 525 g/mol. The molecule has 3 atom stereocenters. The minimum atomic E-state index is -3.82. The first-order valence-electron chi connectivity index (χ1n) is 10.3. The molecule has 3 aromatic rings. The van der Waals surface area contributed by atoms with Crippen LogP contribution in [0, 0.1) is 5.92 Å². The van der Waals surface area contributed by atoms with E-state index in [-0.39, 0.29) is 21.8 Å². The number of H-pyrrole nitrogens is 1. The lowest BCUT2D eigenvalue weighted by Gasteiger charge is -2.36. The number of alkyl halides is 1. The van der Waals surface area contributed by atoms with E-state index in [0.29, 0.717) is 33.9 Å². The van der Waals surface area contributed by atoms with Crippen molar-refractivity contribution >= 4 is 53.2 Å². The Bertz CT molecular complexity index is 1220. The molecule has 1 N–H and O–H groups in total. The first-order chi connectivity index (χ1) is 14.8. The maximum Gasteiger partial charge on any atom is 0.305 e. The molecular weight excluding hydrogens is 500 g/mol. The molecule has 0 bridgehead atoms. The number of thiazole rings is 1. The van der Waals surface area contributed by atoms with Crippen LogP contribution in [-0.4, -0.2) is 37.5 Å². The van der Waals surface area contributed by atoms with Gasteiger partial charge in [-0.15, -0.1) is 0 Å². The van der Waals surface area contributed by atoms with Crippen LogP contribution < -0.4 is 9.18 Å². The number of aryl methyl sites for hydroxylation is 1. The Hall–Kier alpha value is -1.68. The average Bonchev–Trinajstić information content (AvgIpc) is 3.14. The second kappa shape index (κ2) is 9.05. The van der Waals surface area contributed by atoms with Gasteiger partial charge >= 0.3 is 4.87 Å². The topological polar surface area (TPSA) is 79.5 Å². The minimum Gasteiger partial charge on any atom is -0.376 e. The summed E-state index contributed by atoms with van der Waals surface area (Å²) in [6.07, 6.45) is 1.77. The molecule has 3 unspecified atom stereocenters. The van der Waals surface area contributed by atoms with Crippen molar-refractivity contribution in [3.8, 4) is 0 Å². The van der Waals surface area contributed by atoms with Crippen molar-refractivity contribution in [3.05, 3.63) is 57.7 Å². The third-order valence-corrected chi connectivity index (χ3v) is 9.09. The van der Waals surface area contributed by atoms with Crippen molar-refractivity contribution in [2.24, 2.45) is 5.92 Å². The molecule has 0 amide bonds. The zero-order valence-corrected chi connectivity index (χ0v) is 20.6. The lowest BCUT2D eigenvalue weighted by molar-refractivity contribution is -0.0499. The highest BCUT2D eigenvalue weighted by Gasteiger charge is 2.33. The normalized spacial score (nSPS) is 19.8. The van der Waals surface area contributed by atoms with Gasteiger partial charge in [-0.05, 0) is 54.7 Å². The van der Waals surface area contributed by atoms with E-state index in [9.17, 15) is 13.2 Å². The highest BCUT2D eigenvalue weighted by molar-refractivity contribution is 9.09. The summed E-state index contributed by atoms with van der Waals surface area (Å²) in [7, 11) is -3.82. The SMILES string of the molecule is CCc1ccc(N(CC(C)CC2OCC2Br)S(=O)(=O)c2ccc3[nH]c(=O)sc3c2)cc1. The van der Waals surface area contributed by atoms with E-state index < -0.39 is 10.0 Å². The lowest BCUT2D eigenvalue weighted by Crippen LogP contribution is -2.43. The van der Waals surface area contributed by atoms with Crippen LogP contribution in [0.2, 0.25) is 0 Å². The monoisotopic (exact) mass is 524 g/mol. The van der Waals surface area contributed by atoms with E-state index >= 15 is 0 Å². The van der Waals surface area contributed by atoms with Gasteiger partial charge in [-0.1, -0.05) is 53.2 Å². The van der Waals surface area contributed by atoms with Gasteiger partial charge in [0.15, 0.2) is 0 Å². The van der Waals surface area contributed by atoms with E-state index in [1.807, 2.05) is 31.2 Å². The first kappa shape index (κ1) is 22.5. The summed E-state index contributed by atoms with van der Waals surface area (Å²) in [6, 6.07) is 12.4. The Kier molecular flexibility index (Phi) is 6.57. The Morgan fingerprint density at radius 2 is 2.00 bits per heavy atom. The van der Waals surface area contributed by atoms with Crippen LogP contribution in [0.4, 0.5) is 5.69 Å². The van der Waals surface area contributed by atoms with Crippen molar-refractivity contribution in [2.75, 3.05) is 17.5 Å². The predicted octanol–water partition coefficient (Wildman–Crippen LogP) is 4.54. The van der Waals surface area contributed by atoms with Crippen LogP contribution in [-0.2, 0) is 21.2 Å². The second-order valence-corrected chi connectivity index (χ2v) is 12.0. The fourth-order valence-electron chi connectivity index (χ4n) is 3.73. The number of fused-ring (bicyclic) bond motifs is 1. The van der Waals surface area contributed by atoms with E-state index in [1.54, 1.807) is 18.2 Å². The van der Waals surface area contributed by atoms with Crippen LogP contribution in [0.3, 0.4) is 0 Å². The summed E-state index contributed by atoms with van der Waals surface area (Å²) in [5.74, 6) is 0.0954. The minimum absolute atomic E-state index is 0.0954. The standard InChI is InChI=1S/C22H25BrN2O4S2/c1-3-15-4-6-16(7-5-15)25(12-14(2)10-20-18(23)13-29-20)31(27,28)17-8-9-19-21(11-17)30-22(26)24-19/h4-9,11,14,18,20H,3,10,12-13H2,1-2H3,(H,24,26). The number of sulfonamides is 1. The van der Waals surface area contributed by atoms with Gasteiger partial charge in [0.05, 0.1) is 38.3 Å². The Labute approximate surface area is 194 Å². The summed E-state index contributed by atoms with van der Waals surface area (Å²) < 4.78 is 35.1. The van der Waals surface area contributed by atoms with Crippen molar-refractivity contribution in [1.82, 2.24) is 4.98 Å². The molecule has 4 rings (SSSR count). The number of aromatic amines is 1. The van der Waals surface area contributed by atoms with Gasteiger partial charge in [0.1, 0.15) is 0 Å². The maximum atomic E-state index is 13.7. The van der Waals surface area contributed by atoms with Gasteiger partial charge in [-0.2, -0.15) is 0 Å². The number of anilines is 1. The highest BCUT2D eigenvalue weighted by atomic mass is 79.9. The number of nitrogens with one attached hydrogen (secondary N) is 1. The maximum absolute atomic E-state index is 13.7. The number of benzene rings is 2. The van der Waals surface area contributed by atoms with E-state index in [1.165, 1.54) is 4.31 Å². The van der Waals surface area contributed by atoms with Gasteiger partial charge in [-0.25, -0.2) is 8.42 Å². The predicted molar refractivity (Wildman–Crippen MR) is 129 cm³/mol. The second-order valence-electron chi connectivity index (χ2n) is 7.96. The molecular formula is C22H25BrN2O4S2. The fourth-order valence-corrected chi connectivity index (χ4v) is 6.71.